The van der Waals surface area contributed by atoms with Crippen LogP contribution in [-0.2, 0) is 4.79 Å². The highest BCUT2D eigenvalue weighted by atomic mass is 79.9. The lowest BCUT2D eigenvalue weighted by molar-refractivity contribution is -0.116. The summed E-state index contributed by atoms with van der Waals surface area (Å²) < 4.78 is 0.799. The topological polar surface area (TPSA) is 66.7 Å². The number of hydrogen-bond donors (Lipinski definition) is 1. The van der Waals surface area contributed by atoms with E-state index in [4.69, 9.17) is 4.99 Å². The lowest BCUT2D eigenvalue weighted by atomic mass is 9.71. The lowest BCUT2D eigenvalue weighted by Gasteiger charge is -2.33. The van der Waals surface area contributed by atoms with E-state index in [1.54, 1.807) is 12.1 Å². The van der Waals surface area contributed by atoms with Crippen molar-refractivity contribution in [2.45, 2.75) is 25.2 Å². The van der Waals surface area contributed by atoms with E-state index in [-0.39, 0.29) is 17.3 Å². The minimum atomic E-state index is -0.566. The van der Waals surface area contributed by atoms with Crippen LogP contribution in [0.4, 0.5) is 0 Å². The molecule has 5 rings (SSSR count). The molecule has 134 valence electrons. The van der Waals surface area contributed by atoms with Gasteiger partial charge in [-0.3, -0.25) is 14.6 Å². The van der Waals surface area contributed by atoms with Gasteiger partial charge in [0.2, 0.25) is 0 Å². The van der Waals surface area contributed by atoms with E-state index in [9.17, 15) is 14.7 Å². The van der Waals surface area contributed by atoms with E-state index >= 15 is 0 Å². The smallest absolute Gasteiger partial charge is 0.173 e. The number of fused-ring (bicyclic) bond motifs is 3. The Balaban J connectivity index is 1.80. The Morgan fingerprint density at radius 1 is 1.00 bits per heavy atom. The van der Waals surface area contributed by atoms with Gasteiger partial charge in [0.25, 0.3) is 0 Å². The first-order valence-corrected chi connectivity index (χ1v) is 9.82. The van der Waals surface area contributed by atoms with Crippen molar-refractivity contribution in [3.05, 3.63) is 74.9 Å². The average molecular weight is 422 g/mol. The number of carbonyl (C=O) groups excluding carboxylic acids is 2. The first kappa shape index (κ1) is 16.6. The number of phenolic OH excluding ortho intramolecular Hbond substituents is 1. The molecule has 2 aromatic rings. The van der Waals surface area contributed by atoms with Gasteiger partial charge in [0.1, 0.15) is 5.75 Å². The summed E-state index contributed by atoms with van der Waals surface area (Å²) in [7, 11) is 0. The first-order chi connectivity index (χ1) is 13.1. The number of aliphatic imine (C=N–C) groups is 1. The van der Waals surface area contributed by atoms with Crippen molar-refractivity contribution in [2.75, 3.05) is 0 Å². The van der Waals surface area contributed by atoms with Gasteiger partial charge < -0.3 is 5.11 Å². The Hall–Kier alpha value is -2.53. The van der Waals surface area contributed by atoms with Gasteiger partial charge >= 0.3 is 0 Å². The molecule has 2 aliphatic carbocycles. The Kier molecular flexibility index (Phi) is 3.69. The third-order valence-electron chi connectivity index (χ3n) is 5.70. The Bertz CT molecular complexity index is 1080. The molecule has 27 heavy (non-hydrogen) atoms. The summed E-state index contributed by atoms with van der Waals surface area (Å²) in [6.45, 7) is 0. The maximum atomic E-state index is 13.3. The molecule has 4 nitrogen and oxygen atoms in total. The van der Waals surface area contributed by atoms with Crippen LogP contribution in [0.15, 0.2) is 63.2 Å². The van der Waals surface area contributed by atoms with Crippen LogP contribution >= 0.6 is 15.9 Å². The highest BCUT2D eigenvalue weighted by Gasteiger charge is 2.49. The van der Waals surface area contributed by atoms with Crippen molar-refractivity contribution in [3.63, 3.8) is 0 Å². The van der Waals surface area contributed by atoms with Gasteiger partial charge in [0, 0.05) is 44.8 Å². The van der Waals surface area contributed by atoms with Crippen molar-refractivity contribution in [1.29, 1.82) is 0 Å². The molecular weight excluding hydrogens is 406 g/mol. The van der Waals surface area contributed by atoms with E-state index in [0.29, 0.717) is 23.1 Å². The summed E-state index contributed by atoms with van der Waals surface area (Å²) in [5.74, 6) is -0.967. The van der Waals surface area contributed by atoms with Crippen LogP contribution in [0.5, 0.6) is 5.75 Å². The molecule has 5 heteroatoms. The molecule has 0 saturated heterocycles. The Labute approximate surface area is 164 Å². The van der Waals surface area contributed by atoms with Crippen LogP contribution in [0, 0.1) is 5.92 Å². The van der Waals surface area contributed by atoms with Crippen LogP contribution in [0.1, 0.15) is 46.7 Å². The summed E-state index contributed by atoms with van der Waals surface area (Å²) >= 11 is 3.45. The zero-order chi connectivity index (χ0) is 18.7. The van der Waals surface area contributed by atoms with E-state index in [1.807, 2.05) is 30.3 Å². The van der Waals surface area contributed by atoms with Crippen molar-refractivity contribution in [2.24, 2.45) is 10.9 Å². The van der Waals surface area contributed by atoms with Gasteiger partial charge in [0.05, 0.1) is 11.6 Å². The summed E-state index contributed by atoms with van der Waals surface area (Å²) in [5.41, 5.74) is 4.19. The Morgan fingerprint density at radius 3 is 2.59 bits per heavy atom. The normalized spacial score (nSPS) is 23.7. The predicted octanol–water partition coefficient (Wildman–Crippen LogP) is 4.56. The summed E-state index contributed by atoms with van der Waals surface area (Å²) in [5, 5.41) is 10.6. The van der Waals surface area contributed by atoms with Crippen molar-refractivity contribution >= 4 is 33.2 Å². The van der Waals surface area contributed by atoms with Gasteiger partial charge in [-0.25, -0.2) is 0 Å². The fourth-order valence-electron chi connectivity index (χ4n) is 4.56. The number of nitrogens with zero attached hydrogens (tertiary/aromatic N) is 1. The number of hydrogen-bond acceptors (Lipinski definition) is 4. The van der Waals surface area contributed by atoms with Crippen LogP contribution in [-0.4, -0.2) is 22.4 Å². The SMILES string of the molecule is O=C1CCCC2=C1[C@@H](c1cc(Br)ccc1O)[C@@H]1C(=O)c3ccccc3C1=N2. The largest absolute Gasteiger partial charge is 0.508 e. The molecule has 2 aromatic carbocycles. The highest BCUT2D eigenvalue weighted by Crippen LogP contribution is 2.50. The van der Waals surface area contributed by atoms with E-state index in [0.717, 1.165) is 34.3 Å². The molecule has 0 spiro atoms. The number of carbonyl (C=O) groups is 2. The van der Waals surface area contributed by atoms with E-state index < -0.39 is 11.8 Å². The minimum absolute atomic E-state index is 0.0290. The second-order valence-electron chi connectivity index (χ2n) is 7.20. The highest BCUT2D eigenvalue weighted by molar-refractivity contribution is 9.10. The van der Waals surface area contributed by atoms with Crippen molar-refractivity contribution in [3.8, 4) is 5.75 Å². The van der Waals surface area contributed by atoms with Crippen molar-refractivity contribution in [1.82, 2.24) is 0 Å². The molecule has 0 amide bonds. The van der Waals surface area contributed by atoms with Crippen LogP contribution in [0.2, 0.25) is 0 Å². The number of Topliss-reactive ketones (excluding diaryl/α,β-unsaturated/α-hetero) is 2. The number of ketones is 2. The molecule has 0 fully saturated rings. The molecule has 1 N–H and O–H groups in total. The zero-order valence-electron chi connectivity index (χ0n) is 14.4. The molecule has 0 aromatic heterocycles. The molecule has 0 bridgehead atoms. The summed E-state index contributed by atoms with van der Waals surface area (Å²) in [6, 6.07) is 12.6. The molecule has 0 radical (unpaired) electrons. The fourth-order valence-corrected chi connectivity index (χ4v) is 4.94. The molecular formula is C22H16BrNO3. The number of aromatic hydroxyl groups is 1. The standard InChI is InChI=1S/C22H16BrNO3/c23-11-8-9-16(25)14(10-11)18-19-15(6-3-7-17(19)26)24-21-12-4-1-2-5-13(12)22(27)20(18)21/h1-2,4-5,8-10,18,20,25H,3,6-7H2/t18-,20+/m1/s1. The minimum Gasteiger partial charge on any atom is -0.508 e. The fraction of sp³-hybridized carbons (Fsp3) is 0.227. The third kappa shape index (κ3) is 2.38. The molecule has 0 saturated carbocycles. The van der Waals surface area contributed by atoms with Gasteiger partial charge in [0.15, 0.2) is 11.6 Å². The van der Waals surface area contributed by atoms with Gasteiger partial charge in [-0.2, -0.15) is 0 Å². The molecule has 0 unspecified atom stereocenters. The van der Waals surface area contributed by atoms with Crippen molar-refractivity contribution < 1.29 is 14.7 Å². The average Bonchev–Trinajstić information content (AvgIpc) is 2.95. The summed E-state index contributed by atoms with van der Waals surface area (Å²) in [6.07, 6.45) is 1.95. The quantitative estimate of drug-likeness (QED) is 0.733. The summed E-state index contributed by atoms with van der Waals surface area (Å²) in [4.78, 5) is 30.9. The zero-order valence-corrected chi connectivity index (χ0v) is 16.0. The predicted molar refractivity (Wildman–Crippen MR) is 105 cm³/mol. The third-order valence-corrected chi connectivity index (χ3v) is 6.19. The second kappa shape index (κ2) is 5.99. The van der Waals surface area contributed by atoms with E-state index in [1.165, 1.54) is 0 Å². The molecule has 1 heterocycles. The van der Waals surface area contributed by atoms with Crippen LogP contribution < -0.4 is 0 Å². The molecule has 2 atom stereocenters. The van der Waals surface area contributed by atoms with Crippen LogP contribution in [0.25, 0.3) is 0 Å². The van der Waals surface area contributed by atoms with Gasteiger partial charge in [-0.15, -0.1) is 0 Å². The van der Waals surface area contributed by atoms with E-state index in [2.05, 4.69) is 15.9 Å². The van der Waals surface area contributed by atoms with Gasteiger partial charge in [-0.05, 0) is 31.0 Å². The van der Waals surface area contributed by atoms with Gasteiger partial charge in [-0.1, -0.05) is 40.2 Å². The molecule has 3 aliphatic rings. The number of halogens is 1. The van der Waals surface area contributed by atoms with Crippen LogP contribution in [0.3, 0.4) is 0 Å². The number of benzene rings is 2. The molecule has 1 aliphatic heterocycles. The maximum Gasteiger partial charge on any atom is 0.173 e. The second-order valence-corrected chi connectivity index (χ2v) is 8.12. The number of phenols is 1. The number of allylic oxidation sites excluding steroid dienone is 2. The Morgan fingerprint density at radius 2 is 1.78 bits per heavy atom. The lowest BCUT2D eigenvalue weighted by Crippen LogP contribution is -2.33. The first-order valence-electron chi connectivity index (χ1n) is 9.03. The monoisotopic (exact) mass is 421 g/mol. The maximum absolute atomic E-state index is 13.3. The number of rotatable bonds is 1.